The minimum absolute atomic E-state index is 0.0104. The van der Waals surface area contributed by atoms with E-state index in [0.717, 1.165) is 10.5 Å². The van der Waals surface area contributed by atoms with Crippen LogP contribution in [-0.2, 0) is 39.9 Å². The van der Waals surface area contributed by atoms with Crippen molar-refractivity contribution in [1.29, 1.82) is 0 Å². The van der Waals surface area contributed by atoms with Gasteiger partial charge < -0.3 is 45.8 Å². The molecule has 4 saturated heterocycles. The summed E-state index contributed by atoms with van der Waals surface area (Å²) < 4.78 is 5.67. The summed E-state index contributed by atoms with van der Waals surface area (Å²) >= 11 is 6.09. The number of aliphatic hydroxyl groups excluding tert-OH is 1. The number of piperidine rings is 1. The number of halogens is 1. The van der Waals surface area contributed by atoms with Crippen LogP contribution in [0.5, 0.6) is 0 Å². The first-order valence-electron chi connectivity index (χ1n) is 19.0. The topological polar surface area (TPSA) is 207 Å². The van der Waals surface area contributed by atoms with Gasteiger partial charge in [0.25, 0.3) is 0 Å². The third kappa shape index (κ3) is 9.41. The maximum absolute atomic E-state index is 14.5. The van der Waals surface area contributed by atoms with Crippen molar-refractivity contribution < 1.29 is 43.4 Å². The Morgan fingerprint density at radius 3 is 2.41 bits per heavy atom. The van der Waals surface area contributed by atoms with Crippen LogP contribution in [-0.4, -0.2) is 130 Å². The predicted octanol–water partition coefficient (Wildman–Crippen LogP) is 1.26. The first-order chi connectivity index (χ1) is 26.8. The summed E-state index contributed by atoms with van der Waals surface area (Å²) in [5.74, 6) is -3.99. The van der Waals surface area contributed by atoms with E-state index in [1.165, 1.54) is 22.8 Å². The Balaban J connectivity index is 1.31. The SMILES string of the molecule is Cc1cccc(C[C@H](NC(=O)Nc2cccc(Cl)c2)C(=O)N[C@H]2COC(=O)[C@@H]3CCCN3C(=O)[C@H](C)NC(=O)[C@@H]3CCCCN3C(=O)[C@@H]3C[C@@H](O)CN3C2=O)c1. The van der Waals surface area contributed by atoms with Crippen LogP contribution in [0.15, 0.2) is 48.5 Å². The highest BCUT2D eigenvalue weighted by molar-refractivity contribution is 6.30. The lowest BCUT2D eigenvalue weighted by atomic mass is 9.99. The van der Waals surface area contributed by atoms with E-state index in [1.54, 1.807) is 30.3 Å². The Morgan fingerprint density at radius 2 is 1.64 bits per heavy atom. The summed E-state index contributed by atoms with van der Waals surface area (Å²) in [5, 5.41) is 21.9. The number of carbonyl (C=O) groups is 7. The van der Waals surface area contributed by atoms with Gasteiger partial charge in [0, 0.05) is 43.2 Å². The molecule has 4 fully saturated rings. The van der Waals surface area contributed by atoms with Gasteiger partial charge in [-0.25, -0.2) is 9.59 Å². The van der Waals surface area contributed by atoms with Gasteiger partial charge >= 0.3 is 12.0 Å². The third-order valence-corrected chi connectivity index (χ3v) is 10.9. The largest absolute Gasteiger partial charge is 0.461 e. The van der Waals surface area contributed by atoms with Gasteiger partial charge in [-0.3, -0.25) is 24.0 Å². The molecule has 0 radical (unpaired) electrons. The lowest BCUT2D eigenvalue weighted by molar-refractivity contribution is -0.158. The second kappa shape index (κ2) is 17.7. The van der Waals surface area contributed by atoms with Gasteiger partial charge in [0.05, 0.1) is 6.10 Å². The lowest BCUT2D eigenvalue weighted by Gasteiger charge is -2.39. The van der Waals surface area contributed by atoms with E-state index in [4.69, 9.17) is 16.3 Å². The van der Waals surface area contributed by atoms with Gasteiger partial charge in [-0.15, -0.1) is 0 Å². The number of urea groups is 1. The molecule has 0 aliphatic carbocycles. The zero-order chi connectivity index (χ0) is 40.1. The molecule has 300 valence electrons. The number of amides is 7. The quantitative estimate of drug-likeness (QED) is 0.267. The first kappa shape index (κ1) is 40.4. The molecule has 0 bridgehead atoms. The Bertz CT molecular complexity index is 1860. The van der Waals surface area contributed by atoms with Crippen molar-refractivity contribution in [3.05, 3.63) is 64.7 Å². The summed E-state index contributed by atoms with van der Waals surface area (Å²) in [4.78, 5) is 101. The minimum atomic E-state index is -1.57. The number of aryl methyl sites for hydroxylation is 1. The van der Waals surface area contributed by atoms with Crippen LogP contribution in [0.4, 0.5) is 10.5 Å². The molecule has 5 N–H and O–H groups in total. The van der Waals surface area contributed by atoms with Gasteiger partial charge in [0.1, 0.15) is 42.9 Å². The molecule has 0 saturated carbocycles. The average Bonchev–Trinajstić information content (AvgIpc) is 3.82. The highest BCUT2D eigenvalue weighted by atomic mass is 35.5. The van der Waals surface area contributed by atoms with Crippen molar-refractivity contribution in [1.82, 2.24) is 30.7 Å². The fourth-order valence-electron chi connectivity index (χ4n) is 7.93. The molecule has 4 aliphatic rings. The number of nitrogens with zero attached hydrogens (tertiary/aromatic N) is 3. The highest BCUT2D eigenvalue weighted by Gasteiger charge is 2.47. The van der Waals surface area contributed by atoms with E-state index < -0.39 is 90.5 Å². The summed E-state index contributed by atoms with van der Waals surface area (Å²) in [6.07, 6.45) is 1.17. The second-order valence-corrected chi connectivity index (χ2v) is 15.3. The van der Waals surface area contributed by atoms with Crippen molar-refractivity contribution >= 4 is 58.8 Å². The summed E-state index contributed by atoms with van der Waals surface area (Å²) in [7, 11) is 0. The number of fused-ring (bicyclic) bond motifs is 3. The third-order valence-electron chi connectivity index (χ3n) is 10.7. The number of hydrogen-bond donors (Lipinski definition) is 5. The second-order valence-electron chi connectivity index (χ2n) is 14.9. The van der Waals surface area contributed by atoms with Gasteiger partial charge in [-0.1, -0.05) is 47.5 Å². The zero-order valence-corrected chi connectivity index (χ0v) is 32.1. The molecule has 6 rings (SSSR count). The normalized spacial score (nSPS) is 26.7. The number of cyclic esters (lactones) is 1. The standard InChI is InChI=1S/C39H48ClN7O9/c1-22-8-5-9-24(16-22)17-28(44-39(55)42-26-11-6-10-25(40)18-26)33(49)43-29-21-56-38(54)31-13-7-15-46(31)35(51)23(2)41-34(50)30-12-3-4-14-45(30)37(53)32-19-27(48)20-47(32)36(29)52/h5-6,8-11,16,18,23,27-32,48H,3-4,7,12-15,17,19-21H2,1-2H3,(H,41,50)(H,43,49)(H2,42,44,55)/t23-,27+,28-,29-,30-,31-,32-/m0/s1. The lowest BCUT2D eigenvalue weighted by Crippen LogP contribution is -2.62. The molecule has 17 heteroatoms. The summed E-state index contributed by atoms with van der Waals surface area (Å²) in [6.45, 7) is 2.94. The van der Waals surface area contributed by atoms with Crippen LogP contribution in [0.25, 0.3) is 0 Å². The first-order valence-corrected chi connectivity index (χ1v) is 19.4. The molecule has 4 aliphatic heterocycles. The Labute approximate surface area is 329 Å². The molecule has 2 aromatic rings. The van der Waals surface area contributed by atoms with Crippen LogP contribution >= 0.6 is 11.6 Å². The molecule has 56 heavy (non-hydrogen) atoms. The van der Waals surface area contributed by atoms with E-state index >= 15 is 0 Å². The molecular weight excluding hydrogens is 746 g/mol. The molecule has 2 aromatic carbocycles. The van der Waals surface area contributed by atoms with Crippen LogP contribution in [0.1, 0.15) is 56.6 Å². The minimum Gasteiger partial charge on any atom is -0.461 e. The molecule has 7 atom stereocenters. The predicted molar refractivity (Wildman–Crippen MR) is 203 cm³/mol. The summed E-state index contributed by atoms with van der Waals surface area (Å²) in [5.41, 5.74) is 1.99. The maximum Gasteiger partial charge on any atom is 0.328 e. The summed E-state index contributed by atoms with van der Waals surface area (Å²) in [6, 6.07) is 6.09. The van der Waals surface area contributed by atoms with Gasteiger partial charge in [-0.05, 0) is 69.7 Å². The van der Waals surface area contributed by atoms with E-state index in [2.05, 4.69) is 21.3 Å². The zero-order valence-electron chi connectivity index (χ0n) is 31.4. The number of carbonyl (C=O) groups excluding carboxylic acids is 7. The fraction of sp³-hybridized carbons (Fsp3) is 0.513. The fourth-order valence-corrected chi connectivity index (χ4v) is 8.12. The van der Waals surface area contributed by atoms with Crippen molar-refractivity contribution in [2.45, 2.75) is 101 Å². The Hall–Kier alpha value is -5.22. The number of esters is 1. The average molecular weight is 794 g/mol. The maximum atomic E-state index is 14.5. The van der Waals surface area contributed by atoms with Crippen LogP contribution < -0.4 is 21.3 Å². The van der Waals surface area contributed by atoms with Gasteiger partial charge in [0.15, 0.2) is 0 Å². The van der Waals surface area contributed by atoms with E-state index in [0.29, 0.717) is 42.0 Å². The van der Waals surface area contributed by atoms with Crippen LogP contribution in [0, 0.1) is 6.92 Å². The van der Waals surface area contributed by atoms with Crippen LogP contribution in [0.2, 0.25) is 5.02 Å². The number of benzene rings is 2. The molecule has 0 aromatic heterocycles. The molecule has 7 amide bonds. The molecule has 4 heterocycles. The van der Waals surface area contributed by atoms with E-state index in [9.17, 15) is 38.7 Å². The monoisotopic (exact) mass is 793 g/mol. The Kier molecular flexibility index (Phi) is 12.8. The molecule has 16 nitrogen and oxygen atoms in total. The van der Waals surface area contributed by atoms with Crippen LogP contribution in [0.3, 0.4) is 0 Å². The van der Waals surface area contributed by atoms with Crippen molar-refractivity contribution in [3.63, 3.8) is 0 Å². The van der Waals surface area contributed by atoms with Gasteiger partial charge in [-0.2, -0.15) is 0 Å². The molecule has 0 unspecified atom stereocenters. The number of nitrogens with one attached hydrogen (secondary N) is 4. The highest BCUT2D eigenvalue weighted by Crippen LogP contribution is 2.27. The molecule has 0 spiro atoms. The van der Waals surface area contributed by atoms with E-state index in [-0.39, 0.29) is 38.9 Å². The van der Waals surface area contributed by atoms with Crippen molar-refractivity contribution in [2.24, 2.45) is 0 Å². The number of rotatable bonds is 6. The number of anilines is 1. The van der Waals surface area contributed by atoms with Crippen molar-refractivity contribution in [3.8, 4) is 0 Å². The Morgan fingerprint density at radius 1 is 0.911 bits per heavy atom. The van der Waals surface area contributed by atoms with Gasteiger partial charge in [0.2, 0.25) is 29.5 Å². The number of ether oxygens (including phenoxy) is 1. The van der Waals surface area contributed by atoms with Crippen molar-refractivity contribution in [2.75, 3.05) is 31.6 Å². The molecular formula is C39H48ClN7O9. The van der Waals surface area contributed by atoms with E-state index in [1.807, 2.05) is 19.1 Å². The number of hydrogen-bond acceptors (Lipinski definition) is 9. The number of aliphatic hydroxyl groups is 1. The smallest absolute Gasteiger partial charge is 0.328 e.